The van der Waals surface area contributed by atoms with E-state index in [0.717, 1.165) is 6.07 Å². The van der Waals surface area contributed by atoms with E-state index in [1.54, 1.807) is 6.92 Å². The van der Waals surface area contributed by atoms with Crippen molar-refractivity contribution in [2.24, 2.45) is 0 Å². The molecule has 0 unspecified atom stereocenters. The number of aromatic carboxylic acids is 1. The molecular weight excluding hydrogens is 255 g/mol. The number of carboxylic acid groups (broad SMARTS) is 1. The summed E-state index contributed by atoms with van der Waals surface area (Å²) in [7, 11) is 0. The highest BCUT2D eigenvalue weighted by Gasteiger charge is 2.24. The van der Waals surface area contributed by atoms with Crippen molar-refractivity contribution in [1.29, 1.82) is 0 Å². The van der Waals surface area contributed by atoms with E-state index in [9.17, 15) is 19.3 Å². The summed E-state index contributed by atoms with van der Waals surface area (Å²) in [6.45, 7) is 2.09. The van der Waals surface area contributed by atoms with Crippen LogP contribution in [0.3, 0.4) is 0 Å². The molecule has 0 spiro atoms. The number of carboxylic acids is 1. The molecule has 0 bridgehead atoms. The minimum absolute atomic E-state index is 0.0343. The van der Waals surface area contributed by atoms with Crippen LogP contribution in [-0.2, 0) is 0 Å². The number of anilines is 1. The summed E-state index contributed by atoms with van der Waals surface area (Å²) in [4.78, 5) is 22.4. The zero-order valence-corrected chi connectivity index (χ0v) is 10.1. The van der Waals surface area contributed by atoms with Crippen LogP contribution in [0.15, 0.2) is 12.1 Å². The number of carbonyl (C=O) groups is 1. The van der Waals surface area contributed by atoms with E-state index in [0.29, 0.717) is 12.6 Å². The predicted molar refractivity (Wildman–Crippen MR) is 66.7 cm³/mol. The van der Waals surface area contributed by atoms with Gasteiger partial charge in [-0.15, -0.1) is 6.42 Å². The largest absolute Gasteiger partial charge is 0.478 e. The van der Waals surface area contributed by atoms with E-state index in [1.807, 2.05) is 0 Å². The minimum atomic E-state index is -1.56. The number of benzene rings is 1. The van der Waals surface area contributed by atoms with Gasteiger partial charge in [-0.25, -0.2) is 9.18 Å². The molecule has 0 saturated heterocycles. The average Bonchev–Trinajstić information content (AvgIpc) is 2.34. The number of nitro groups is 1. The fraction of sp³-hybridized carbons (Fsp3) is 0.250. The third-order valence-corrected chi connectivity index (χ3v) is 2.50. The molecule has 7 heteroatoms. The van der Waals surface area contributed by atoms with Gasteiger partial charge in [-0.1, -0.05) is 5.92 Å². The molecule has 0 saturated carbocycles. The molecular formula is C12H11FN2O4. The SMILES string of the molecule is C#CCN(CC)c1cc(F)c(C(=O)O)cc1[N+](=O)[O-]. The zero-order chi connectivity index (χ0) is 14.6. The highest BCUT2D eigenvalue weighted by molar-refractivity contribution is 5.90. The number of nitro benzene ring substituents is 1. The first kappa shape index (κ1) is 14.4. The van der Waals surface area contributed by atoms with Crippen molar-refractivity contribution in [3.8, 4) is 12.3 Å². The lowest BCUT2D eigenvalue weighted by molar-refractivity contribution is -0.384. The van der Waals surface area contributed by atoms with Gasteiger partial charge in [0.05, 0.1) is 11.5 Å². The molecule has 0 atom stereocenters. The Hall–Kier alpha value is -2.62. The Labute approximate surface area is 108 Å². The maximum absolute atomic E-state index is 13.6. The summed E-state index contributed by atoms with van der Waals surface area (Å²) in [6.07, 6.45) is 5.14. The maximum Gasteiger partial charge on any atom is 0.338 e. The molecule has 0 radical (unpaired) electrons. The van der Waals surface area contributed by atoms with Crippen molar-refractivity contribution < 1.29 is 19.2 Å². The van der Waals surface area contributed by atoms with Crippen molar-refractivity contribution in [3.63, 3.8) is 0 Å². The van der Waals surface area contributed by atoms with Crippen molar-refractivity contribution in [3.05, 3.63) is 33.6 Å². The van der Waals surface area contributed by atoms with Crippen LogP contribution in [0.2, 0.25) is 0 Å². The molecule has 1 N–H and O–H groups in total. The monoisotopic (exact) mass is 266 g/mol. The van der Waals surface area contributed by atoms with Crippen LogP contribution in [0, 0.1) is 28.3 Å². The molecule has 0 amide bonds. The number of hydrogen-bond acceptors (Lipinski definition) is 4. The Morgan fingerprint density at radius 2 is 2.26 bits per heavy atom. The highest BCUT2D eigenvalue weighted by Crippen LogP contribution is 2.31. The van der Waals surface area contributed by atoms with Crippen molar-refractivity contribution in [2.45, 2.75) is 6.92 Å². The molecule has 0 aliphatic carbocycles. The highest BCUT2D eigenvalue weighted by atomic mass is 19.1. The van der Waals surface area contributed by atoms with Crippen LogP contribution in [0.5, 0.6) is 0 Å². The lowest BCUT2D eigenvalue weighted by Gasteiger charge is -2.20. The topological polar surface area (TPSA) is 83.7 Å². The van der Waals surface area contributed by atoms with Gasteiger partial charge in [-0.2, -0.15) is 0 Å². The van der Waals surface area contributed by atoms with Crippen LogP contribution < -0.4 is 4.90 Å². The third kappa shape index (κ3) is 2.98. The predicted octanol–water partition coefficient (Wildman–Crippen LogP) is 1.89. The Morgan fingerprint density at radius 3 is 2.68 bits per heavy atom. The molecule has 1 aromatic rings. The molecule has 0 aromatic heterocycles. The first-order chi connectivity index (χ1) is 8.92. The maximum atomic E-state index is 13.6. The van der Waals surface area contributed by atoms with Crippen molar-refractivity contribution >= 4 is 17.3 Å². The second kappa shape index (κ2) is 5.82. The van der Waals surface area contributed by atoms with Crippen LogP contribution in [-0.4, -0.2) is 29.1 Å². The van der Waals surface area contributed by atoms with Crippen molar-refractivity contribution in [1.82, 2.24) is 0 Å². The van der Waals surface area contributed by atoms with Gasteiger partial charge in [0.1, 0.15) is 17.1 Å². The van der Waals surface area contributed by atoms with Gasteiger partial charge in [-0.3, -0.25) is 10.1 Å². The summed E-state index contributed by atoms with van der Waals surface area (Å²) in [5, 5.41) is 19.7. The average molecular weight is 266 g/mol. The quantitative estimate of drug-likeness (QED) is 0.500. The number of terminal acetylenes is 1. The van der Waals surface area contributed by atoms with E-state index in [-0.39, 0.29) is 12.2 Å². The van der Waals surface area contributed by atoms with Gasteiger partial charge in [0.25, 0.3) is 5.69 Å². The van der Waals surface area contributed by atoms with Gasteiger partial charge < -0.3 is 10.0 Å². The number of rotatable bonds is 5. The smallest absolute Gasteiger partial charge is 0.338 e. The molecule has 19 heavy (non-hydrogen) atoms. The molecule has 0 fully saturated rings. The number of nitrogens with zero attached hydrogens (tertiary/aromatic N) is 2. The molecule has 1 rings (SSSR count). The normalized spacial score (nSPS) is 9.74. The minimum Gasteiger partial charge on any atom is -0.478 e. The standard InChI is InChI=1S/C12H11FN2O4/c1-3-5-14(4-2)10-7-9(13)8(12(16)17)6-11(10)15(18)19/h1,6-7H,4-5H2,2H3,(H,16,17). The van der Waals surface area contributed by atoms with Crippen molar-refractivity contribution in [2.75, 3.05) is 18.0 Å². The summed E-state index contributed by atoms with van der Waals surface area (Å²) in [5.41, 5.74) is -1.27. The number of hydrogen-bond donors (Lipinski definition) is 1. The van der Waals surface area contributed by atoms with E-state index < -0.39 is 28.0 Å². The van der Waals surface area contributed by atoms with Crippen LogP contribution in [0.25, 0.3) is 0 Å². The van der Waals surface area contributed by atoms with Gasteiger partial charge in [0.15, 0.2) is 0 Å². The van der Waals surface area contributed by atoms with Gasteiger partial charge in [0, 0.05) is 18.7 Å². The fourth-order valence-electron chi connectivity index (χ4n) is 1.59. The van der Waals surface area contributed by atoms with Crippen LogP contribution in [0.1, 0.15) is 17.3 Å². The van der Waals surface area contributed by atoms with E-state index in [4.69, 9.17) is 11.5 Å². The van der Waals surface area contributed by atoms with E-state index >= 15 is 0 Å². The summed E-state index contributed by atoms with van der Waals surface area (Å²) in [5.74, 6) is -0.296. The van der Waals surface area contributed by atoms with Gasteiger partial charge >= 0.3 is 5.97 Å². The summed E-state index contributed by atoms with van der Waals surface area (Å²) < 4.78 is 13.6. The molecule has 100 valence electrons. The van der Waals surface area contributed by atoms with Gasteiger partial charge in [-0.05, 0) is 6.92 Å². The zero-order valence-electron chi connectivity index (χ0n) is 10.1. The Bertz CT molecular complexity index is 566. The van der Waals surface area contributed by atoms with Crippen LogP contribution >= 0.6 is 0 Å². The third-order valence-electron chi connectivity index (χ3n) is 2.50. The second-order valence-corrected chi connectivity index (χ2v) is 3.60. The lowest BCUT2D eigenvalue weighted by atomic mass is 10.1. The molecule has 0 aliphatic heterocycles. The van der Waals surface area contributed by atoms with Crippen LogP contribution in [0.4, 0.5) is 15.8 Å². The lowest BCUT2D eigenvalue weighted by Crippen LogP contribution is -2.24. The molecule has 6 nitrogen and oxygen atoms in total. The molecule has 0 heterocycles. The van der Waals surface area contributed by atoms with E-state index in [2.05, 4.69) is 5.92 Å². The fourth-order valence-corrected chi connectivity index (χ4v) is 1.59. The first-order valence-electron chi connectivity index (χ1n) is 5.32. The Balaban J connectivity index is 3.47. The van der Waals surface area contributed by atoms with Gasteiger partial charge in [0.2, 0.25) is 0 Å². The second-order valence-electron chi connectivity index (χ2n) is 3.60. The Kier molecular flexibility index (Phi) is 4.42. The number of halogens is 1. The first-order valence-corrected chi connectivity index (χ1v) is 5.32. The summed E-state index contributed by atoms with van der Waals surface area (Å²) in [6, 6.07) is 1.52. The molecule has 0 aliphatic rings. The Morgan fingerprint density at radius 1 is 1.63 bits per heavy atom. The van der Waals surface area contributed by atoms with E-state index in [1.165, 1.54) is 4.90 Å². The molecule has 1 aromatic carbocycles. The summed E-state index contributed by atoms with van der Waals surface area (Å²) >= 11 is 0.